The summed E-state index contributed by atoms with van der Waals surface area (Å²) < 4.78 is 11.6. The first-order valence-electron chi connectivity index (χ1n) is 7.57. The Morgan fingerprint density at radius 1 is 1.27 bits per heavy atom. The van der Waals surface area contributed by atoms with Crippen molar-refractivity contribution in [2.75, 3.05) is 13.2 Å². The van der Waals surface area contributed by atoms with Crippen LogP contribution in [0.3, 0.4) is 0 Å². The van der Waals surface area contributed by atoms with Crippen LogP contribution in [0.15, 0.2) is 17.5 Å². The van der Waals surface area contributed by atoms with Crippen molar-refractivity contribution in [1.29, 1.82) is 0 Å². The van der Waals surface area contributed by atoms with E-state index in [2.05, 4.69) is 10.6 Å². The molecular weight excluding hydrogens is 304 g/mol. The lowest BCUT2D eigenvalue weighted by Crippen LogP contribution is -2.43. The molecule has 1 aliphatic heterocycles. The fourth-order valence-corrected chi connectivity index (χ4v) is 3.49. The van der Waals surface area contributed by atoms with Gasteiger partial charge in [-0.3, -0.25) is 9.59 Å². The zero-order valence-electron chi connectivity index (χ0n) is 12.3. The Kier molecular flexibility index (Phi) is 4.75. The molecule has 0 radical (unpaired) electrons. The van der Waals surface area contributed by atoms with Crippen molar-refractivity contribution in [3.05, 3.63) is 22.4 Å². The van der Waals surface area contributed by atoms with E-state index in [9.17, 15) is 9.59 Å². The van der Waals surface area contributed by atoms with Crippen LogP contribution in [0, 0.1) is 0 Å². The summed E-state index contributed by atoms with van der Waals surface area (Å²) in [4.78, 5) is 24.5. The minimum Gasteiger partial charge on any atom is -0.347 e. The Morgan fingerprint density at radius 2 is 2.05 bits per heavy atom. The van der Waals surface area contributed by atoms with E-state index in [1.54, 1.807) is 0 Å². The molecule has 1 saturated carbocycles. The highest BCUT2D eigenvalue weighted by Crippen LogP contribution is 2.38. The average molecular weight is 324 g/mol. The maximum absolute atomic E-state index is 11.8. The molecule has 1 atom stereocenters. The molecule has 6 nitrogen and oxygen atoms in total. The highest BCUT2D eigenvalue weighted by molar-refractivity contribution is 7.09. The molecular formula is C15H20N2O4S. The van der Waals surface area contributed by atoms with Crippen LogP contribution >= 0.6 is 11.3 Å². The molecule has 2 aliphatic rings. The number of amides is 2. The third-order valence-corrected chi connectivity index (χ3v) is 4.86. The topological polar surface area (TPSA) is 76.7 Å². The van der Waals surface area contributed by atoms with Crippen LogP contribution < -0.4 is 10.6 Å². The lowest BCUT2D eigenvalue weighted by atomic mass is 10.2. The van der Waals surface area contributed by atoms with Crippen LogP contribution in [0.4, 0.5) is 0 Å². The third kappa shape index (κ3) is 3.66. The Morgan fingerprint density at radius 3 is 2.77 bits per heavy atom. The van der Waals surface area contributed by atoms with E-state index in [0.29, 0.717) is 19.7 Å². The number of rotatable bonds is 4. The summed E-state index contributed by atoms with van der Waals surface area (Å²) in [6, 6.07) is 3.82. The van der Waals surface area contributed by atoms with Gasteiger partial charge in [0, 0.05) is 24.3 Å². The second-order valence-corrected chi connectivity index (χ2v) is 6.67. The number of carbonyl (C=O) groups excluding carboxylic acids is 2. The lowest BCUT2D eigenvalue weighted by molar-refractivity contribution is -0.161. The van der Waals surface area contributed by atoms with Crippen molar-refractivity contribution in [1.82, 2.24) is 10.6 Å². The van der Waals surface area contributed by atoms with Gasteiger partial charge in [-0.25, -0.2) is 0 Å². The van der Waals surface area contributed by atoms with Crippen molar-refractivity contribution in [3.63, 3.8) is 0 Å². The van der Waals surface area contributed by atoms with Crippen molar-refractivity contribution in [2.45, 2.75) is 44.1 Å². The quantitative estimate of drug-likeness (QED) is 0.815. The summed E-state index contributed by atoms with van der Waals surface area (Å²) in [5.74, 6) is -1.69. The van der Waals surface area contributed by atoms with Gasteiger partial charge in [-0.15, -0.1) is 11.3 Å². The van der Waals surface area contributed by atoms with Crippen LogP contribution in [0.25, 0.3) is 0 Å². The van der Waals surface area contributed by atoms with E-state index < -0.39 is 17.6 Å². The zero-order chi connectivity index (χ0) is 15.4. The summed E-state index contributed by atoms with van der Waals surface area (Å²) in [5.41, 5.74) is 0. The monoisotopic (exact) mass is 324 g/mol. The van der Waals surface area contributed by atoms with Crippen molar-refractivity contribution < 1.29 is 19.1 Å². The normalized spacial score (nSPS) is 22.8. The minimum absolute atomic E-state index is 0.174. The molecule has 120 valence electrons. The minimum atomic E-state index is -0.632. The summed E-state index contributed by atoms with van der Waals surface area (Å²) >= 11 is 1.54. The van der Waals surface area contributed by atoms with E-state index in [1.165, 1.54) is 11.3 Å². The van der Waals surface area contributed by atoms with Gasteiger partial charge < -0.3 is 20.1 Å². The number of nitrogens with one attached hydrogen (secondary N) is 2. The van der Waals surface area contributed by atoms with Gasteiger partial charge >= 0.3 is 11.8 Å². The molecule has 1 aromatic heterocycles. The molecule has 2 amide bonds. The molecule has 7 heteroatoms. The van der Waals surface area contributed by atoms with Gasteiger partial charge in [-0.2, -0.15) is 0 Å². The van der Waals surface area contributed by atoms with Crippen LogP contribution in [0.2, 0.25) is 0 Å². The Hall–Kier alpha value is -1.44. The molecule has 2 heterocycles. The predicted octanol–water partition coefficient (Wildman–Crippen LogP) is 1.17. The molecule has 3 rings (SSSR count). The summed E-state index contributed by atoms with van der Waals surface area (Å²) in [5, 5.41) is 7.13. The lowest BCUT2D eigenvalue weighted by Gasteiger charge is -2.21. The third-order valence-electron chi connectivity index (χ3n) is 3.98. The van der Waals surface area contributed by atoms with Gasteiger partial charge in [-0.05, 0) is 24.3 Å². The molecule has 2 fully saturated rings. The first-order valence-corrected chi connectivity index (χ1v) is 8.45. The second kappa shape index (κ2) is 6.76. The predicted molar refractivity (Wildman–Crippen MR) is 81.2 cm³/mol. The SMILES string of the molecule is O=C(NCc1cccs1)C(=O)NC[C@H]1COC2(CCCC2)O1. The van der Waals surface area contributed by atoms with Gasteiger partial charge in [0.15, 0.2) is 5.79 Å². The highest BCUT2D eigenvalue weighted by atomic mass is 32.1. The van der Waals surface area contributed by atoms with E-state index in [-0.39, 0.29) is 6.10 Å². The zero-order valence-corrected chi connectivity index (χ0v) is 13.1. The highest BCUT2D eigenvalue weighted by Gasteiger charge is 2.43. The molecule has 1 spiro atoms. The van der Waals surface area contributed by atoms with Gasteiger partial charge in [-0.1, -0.05) is 6.07 Å². The first-order chi connectivity index (χ1) is 10.7. The van der Waals surface area contributed by atoms with Crippen molar-refractivity contribution >= 4 is 23.2 Å². The fourth-order valence-electron chi connectivity index (χ4n) is 2.84. The summed E-state index contributed by atoms with van der Waals surface area (Å²) in [6.07, 6.45) is 3.89. The van der Waals surface area contributed by atoms with E-state index in [1.807, 2.05) is 17.5 Å². The maximum atomic E-state index is 11.8. The van der Waals surface area contributed by atoms with Crippen LogP contribution in [0.5, 0.6) is 0 Å². The van der Waals surface area contributed by atoms with Crippen LogP contribution in [-0.4, -0.2) is 36.9 Å². The summed E-state index contributed by atoms with van der Waals surface area (Å²) in [7, 11) is 0. The molecule has 1 saturated heterocycles. The van der Waals surface area contributed by atoms with Gasteiger partial charge in [0.1, 0.15) is 6.10 Å². The van der Waals surface area contributed by atoms with E-state index in [0.717, 1.165) is 30.6 Å². The van der Waals surface area contributed by atoms with E-state index >= 15 is 0 Å². The van der Waals surface area contributed by atoms with Crippen LogP contribution in [0.1, 0.15) is 30.6 Å². The number of ether oxygens (including phenoxy) is 2. The van der Waals surface area contributed by atoms with E-state index in [4.69, 9.17) is 9.47 Å². The molecule has 1 aliphatic carbocycles. The molecule has 0 unspecified atom stereocenters. The molecule has 22 heavy (non-hydrogen) atoms. The number of hydrogen-bond acceptors (Lipinski definition) is 5. The standard InChI is InChI=1S/C15H20N2O4S/c18-13(14(19)17-9-12-4-3-7-22-12)16-8-11-10-20-15(21-11)5-1-2-6-15/h3-4,7,11H,1-2,5-6,8-10H2,(H,16,18)(H,17,19)/t11-/m0/s1. The number of thiophene rings is 1. The second-order valence-electron chi connectivity index (χ2n) is 5.64. The molecule has 1 aromatic rings. The average Bonchev–Trinajstić information content (AvgIpc) is 3.26. The van der Waals surface area contributed by atoms with Gasteiger partial charge in [0.25, 0.3) is 0 Å². The maximum Gasteiger partial charge on any atom is 0.309 e. The van der Waals surface area contributed by atoms with Crippen molar-refractivity contribution in [2.24, 2.45) is 0 Å². The molecule has 0 bridgehead atoms. The number of carbonyl (C=O) groups is 2. The molecule has 2 N–H and O–H groups in total. The summed E-state index contributed by atoms with van der Waals surface area (Å²) in [6.45, 7) is 1.14. The number of hydrogen-bond donors (Lipinski definition) is 2. The Balaban J connectivity index is 1.38. The van der Waals surface area contributed by atoms with Gasteiger partial charge in [0.2, 0.25) is 0 Å². The largest absolute Gasteiger partial charge is 0.347 e. The Labute approximate surface area is 133 Å². The smallest absolute Gasteiger partial charge is 0.309 e. The first kappa shape index (κ1) is 15.5. The van der Waals surface area contributed by atoms with Crippen molar-refractivity contribution in [3.8, 4) is 0 Å². The Bertz CT molecular complexity index is 526. The van der Waals surface area contributed by atoms with Crippen LogP contribution in [-0.2, 0) is 25.6 Å². The molecule has 0 aromatic carbocycles. The fraction of sp³-hybridized carbons (Fsp3) is 0.600. The van der Waals surface area contributed by atoms with Gasteiger partial charge in [0.05, 0.1) is 13.2 Å².